The number of fused-ring (bicyclic) bond motifs is 1. The number of nitrogens with two attached hydrogens (primary N) is 1. The number of anilines is 1. The van der Waals surface area contributed by atoms with E-state index in [0.717, 1.165) is 60.3 Å². The average Bonchev–Trinajstić information content (AvgIpc) is 3.52. The van der Waals surface area contributed by atoms with Crippen LogP contribution in [0.2, 0.25) is 0 Å². The Kier molecular flexibility index (Phi) is 6.64. The highest BCUT2D eigenvalue weighted by Gasteiger charge is 2.48. The SMILES string of the molecule is CCc1cc(CCC2(C3CCCC3)CC(O)=C(Cc3nc4nc(C)cc(C)n4n3)C(=O)O2)c(C)nc1N. The number of aromatic nitrogens is 5. The molecule has 37 heavy (non-hydrogen) atoms. The second-order valence-electron chi connectivity index (χ2n) is 10.6. The van der Waals surface area contributed by atoms with Gasteiger partial charge in [-0.25, -0.2) is 19.3 Å². The zero-order valence-corrected chi connectivity index (χ0v) is 22.2. The summed E-state index contributed by atoms with van der Waals surface area (Å²) >= 11 is 0. The lowest BCUT2D eigenvalue weighted by Crippen LogP contribution is -2.46. The molecule has 3 aromatic rings. The van der Waals surface area contributed by atoms with Gasteiger partial charge in [0.1, 0.15) is 17.2 Å². The quantitative estimate of drug-likeness (QED) is 0.452. The Morgan fingerprint density at radius 1 is 1.14 bits per heavy atom. The minimum absolute atomic E-state index is 0.0873. The number of nitrogens with zero attached hydrogens (tertiary/aromatic N) is 5. The highest BCUT2D eigenvalue weighted by molar-refractivity contribution is 5.90. The van der Waals surface area contributed by atoms with Crippen LogP contribution in [0.25, 0.3) is 5.78 Å². The van der Waals surface area contributed by atoms with Gasteiger partial charge in [0.05, 0.1) is 5.57 Å². The summed E-state index contributed by atoms with van der Waals surface area (Å²) in [5, 5.41) is 15.7. The predicted octanol–water partition coefficient (Wildman–Crippen LogP) is 4.45. The van der Waals surface area contributed by atoms with E-state index in [4.69, 9.17) is 10.5 Å². The molecule has 1 aliphatic heterocycles. The number of carbonyl (C=O) groups is 1. The molecule has 1 unspecified atom stereocenters. The third kappa shape index (κ3) is 4.79. The van der Waals surface area contributed by atoms with E-state index in [1.165, 1.54) is 0 Å². The predicted molar refractivity (Wildman–Crippen MR) is 140 cm³/mol. The lowest BCUT2D eigenvalue weighted by atomic mass is 9.76. The maximum absolute atomic E-state index is 13.4. The van der Waals surface area contributed by atoms with E-state index >= 15 is 0 Å². The molecule has 0 aromatic carbocycles. The van der Waals surface area contributed by atoms with Crippen molar-refractivity contribution in [1.29, 1.82) is 0 Å². The summed E-state index contributed by atoms with van der Waals surface area (Å²) in [6.07, 6.45) is 6.77. The molecule has 0 saturated heterocycles. The molecule has 196 valence electrons. The van der Waals surface area contributed by atoms with E-state index < -0.39 is 11.6 Å². The van der Waals surface area contributed by atoms with Gasteiger partial charge in [-0.3, -0.25) is 0 Å². The number of carbonyl (C=O) groups excluding carboxylic acids is 1. The zero-order chi connectivity index (χ0) is 26.3. The van der Waals surface area contributed by atoms with Crippen molar-refractivity contribution in [2.24, 2.45) is 5.92 Å². The fourth-order valence-corrected chi connectivity index (χ4v) is 6.02. The van der Waals surface area contributed by atoms with Crippen LogP contribution in [0.4, 0.5) is 5.82 Å². The Morgan fingerprint density at radius 3 is 2.59 bits per heavy atom. The third-order valence-electron chi connectivity index (χ3n) is 8.08. The number of hydrogen-bond acceptors (Lipinski definition) is 8. The average molecular weight is 505 g/mol. The van der Waals surface area contributed by atoms with E-state index in [-0.39, 0.29) is 23.7 Å². The van der Waals surface area contributed by atoms with Crippen molar-refractivity contribution >= 4 is 17.6 Å². The molecule has 3 aromatic heterocycles. The fourth-order valence-electron chi connectivity index (χ4n) is 6.02. The highest BCUT2D eigenvalue weighted by Crippen LogP contribution is 2.46. The number of rotatable bonds is 7. The van der Waals surface area contributed by atoms with Crippen molar-refractivity contribution in [3.8, 4) is 0 Å². The first-order valence-corrected chi connectivity index (χ1v) is 13.3. The van der Waals surface area contributed by atoms with Crippen LogP contribution in [0.5, 0.6) is 0 Å². The van der Waals surface area contributed by atoms with Crippen molar-refractivity contribution in [3.05, 3.63) is 57.5 Å². The molecule has 0 radical (unpaired) electrons. The number of ether oxygens (including phenoxy) is 1. The van der Waals surface area contributed by atoms with E-state index in [1.54, 1.807) is 4.52 Å². The Morgan fingerprint density at radius 2 is 1.89 bits per heavy atom. The molecule has 1 fully saturated rings. The lowest BCUT2D eigenvalue weighted by molar-refractivity contribution is -0.167. The Bertz CT molecular complexity index is 1390. The van der Waals surface area contributed by atoms with Gasteiger partial charge in [-0.05, 0) is 76.0 Å². The molecular formula is C28H36N6O3. The van der Waals surface area contributed by atoms with Crippen LogP contribution in [-0.4, -0.2) is 41.2 Å². The van der Waals surface area contributed by atoms with Gasteiger partial charge in [-0.1, -0.05) is 25.8 Å². The van der Waals surface area contributed by atoms with Gasteiger partial charge in [-0.15, -0.1) is 5.10 Å². The van der Waals surface area contributed by atoms with Gasteiger partial charge in [0, 0.05) is 29.9 Å². The molecule has 1 saturated carbocycles. The summed E-state index contributed by atoms with van der Waals surface area (Å²) < 4.78 is 7.95. The van der Waals surface area contributed by atoms with Crippen LogP contribution in [0, 0.1) is 26.7 Å². The molecule has 2 aliphatic rings. The summed E-state index contributed by atoms with van der Waals surface area (Å²) in [5.74, 6) is 1.32. The first-order valence-electron chi connectivity index (χ1n) is 13.3. The number of aryl methyl sites for hydroxylation is 5. The van der Waals surface area contributed by atoms with Crippen molar-refractivity contribution in [1.82, 2.24) is 24.6 Å². The van der Waals surface area contributed by atoms with Crippen LogP contribution >= 0.6 is 0 Å². The summed E-state index contributed by atoms with van der Waals surface area (Å²) in [5.41, 5.74) is 10.4. The van der Waals surface area contributed by atoms with E-state index in [0.29, 0.717) is 36.7 Å². The summed E-state index contributed by atoms with van der Waals surface area (Å²) in [7, 11) is 0. The lowest BCUT2D eigenvalue weighted by Gasteiger charge is -2.42. The first kappa shape index (κ1) is 25.2. The molecule has 1 atom stereocenters. The Hall–Kier alpha value is -3.49. The second-order valence-corrected chi connectivity index (χ2v) is 10.6. The molecule has 9 heteroatoms. The standard InChI is InChI=1S/C28H36N6O3/c1-5-19-13-20(18(4)31-25(19)29)10-11-28(21-8-6-7-9-21)15-23(35)22(26(36)37-28)14-24-32-27-30-16(2)12-17(3)34(27)33-24/h12-13,21,35H,5-11,14-15H2,1-4H3,(H2,29,31). The van der Waals surface area contributed by atoms with Gasteiger partial charge in [-0.2, -0.15) is 4.98 Å². The smallest absolute Gasteiger partial charge is 0.338 e. The number of esters is 1. The van der Waals surface area contributed by atoms with Crippen LogP contribution < -0.4 is 5.73 Å². The number of hydrogen-bond donors (Lipinski definition) is 2. The molecular weight excluding hydrogens is 468 g/mol. The van der Waals surface area contributed by atoms with E-state index in [9.17, 15) is 9.90 Å². The zero-order valence-electron chi connectivity index (χ0n) is 22.2. The number of pyridine rings is 1. The topological polar surface area (TPSA) is 129 Å². The van der Waals surface area contributed by atoms with Gasteiger partial charge in [0.15, 0.2) is 5.82 Å². The van der Waals surface area contributed by atoms with Crippen LogP contribution in [0.3, 0.4) is 0 Å². The molecule has 1 aliphatic carbocycles. The normalized spacial score (nSPS) is 20.7. The molecule has 3 N–H and O–H groups in total. The van der Waals surface area contributed by atoms with Crippen LogP contribution in [0.15, 0.2) is 23.5 Å². The maximum Gasteiger partial charge on any atom is 0.338 e. The summed E-state index contributed by atoms with van der Waals surface area (Å²) in [4.78, 5) is 26.8. The molecule has 0 amide bonds. The second kappa shape index (κ2) is 9.76. The third-order valence-corrected chi connectivity index (χ3v) is 8.08. The van der Waals surface area contributed by atoms with Gasteiger partial charge < -0.3 is 15.6 Å². The fraction of sp³-hybridized carbons (Fsp3) is 0.536. The minimum Gasteiger partial charge on any atom is -0.512 e. The minimum atomic E-state index is -0.733. The van der Waals surface area contributed by atoms with Gasteiger partial charge >= 0.3 is 5.97 Å². The van der Waals surface area contributed by atoms with Crippen molar-refractivity contribution in [2.75, 3.05) is 5.73 Å². The molecule has 9 nitrogen and oxygen atoms in total. The number of aliphatic hydroxyl groups is 1. The monoisotopic (exact) mass is 504 g/mol. The molecule has 4 heterocycles. The number of nitrogen functional groups attached to an aromatic ring is 1. The highest BCUT2D eigenvalue weighted by atomic mass is 16.6. The maximum atomic E-state index is 13.4. The van der Waals surface area contributed by atoms with E-state index in [2.05, 4.69) is 33.0 Å². The largest absolute Gasteiger partial charge is 0.512 e. The van der Waals surface area contributed by atoms with Crippen molar-refractivity contribution in [3.63, 3.8) is 0 Å². The first-order chi connectivity index (χ1) is 17.7. The number of cyclic esters (lactones) is 1. The van der Waals surface area contributed by atoms with Crippen molar-refractivity contribution in [2.45, 2.75) is 91.1 Å². The van der Waals surface area contributed by atoms with E-state index in [1.807, 2.05) is 26.8 Å². The van der Waals surface area contributed by atoms with Crippen LogP contribution in [-0.2, 0) is 28.8 Å². The Labute approximate surface area is 217 Å². The number of aliphatic hydroxyl groups excluding tert-OH is 1. The Balaban J connectivity index is 1.42. The van der Waals surface area contributed by atoms with Crippen molar-refractivity contribution < 1.29 is 14.6 Å². The van der Waals surface area contributed by atoms with Gasteiger partial charge in [0.2, 0.25) is 0 Å². The summed E-state index contributed by atoms with van der Waals surface area (Å²) in [6, 6.07) is 4.05. The van der Waals surface area contributed by atoms with Crippen LogP contribution in [0.1, 0.15) is 79.5 Å². The van der Waals surface area contributed by atoms with Gasteiger partial charge in [0.25, 0.3) is 5.78 Å². The summed E-state index contributed by atoms with van der Waals surface area (Å²) in [6.45, 7) is 7.87. The molecule has 5 rings (SSSR count). The molecule has 0 bridgehead atoms. The molecule has 0 spiro atoms.